The van der Waals surface area contributed by atoms with E-state index in [1.54, 1.807) is 26.0 Å². The van der Waals surface area contributed by atoms with Crippen molar-refractivity contribution in [2.45, 2.75) is 27.2 Å². The molecule has 0 saturated heterocycles. The molecule has 0 spiro atoms. The summed E-state index contributed by atoms with van der Waals surface area (Å²) in [6.45, 7) is 6.11. The van der Waals surface area contributed by atoms with Gasteiger partial charge < -0.3 is 9.47 Å². The third-order valence-electron chi connectivity index (χ3n) is 2.78. The molecule has 0 radical (unpaired) electrons. The summed E-state index contributed by atoms with van der Waals surface area (Å²) >= 11 is 0. The molecule has 0 aromatic rings. The van der Waals surface area contributed by atoms with Gasteiger partial charge in [0.25, 0.3) is 0 Å². The first-order chi connectivity index (χ1) is 8.60. The van der Waals surface area contributed by atoms with Crippen LogP contribution < -0.4 is 0 Å². The van der Waals surface area contributed by atoms with Crippen LogP contribution in [0, 0.1) is 11.8 Å². The lowest BCUT2D eigenvalue weighted by Crippen LogP contribution is -2.26. The first-order valence-corrected chi connectivity index (χ1v) is 6.32. The molecule has 1 rings (SSSR count). The van der Waals surface area contributed by atoms with Crippen molar-refractivity contribution in [2.75, 3.05) is 13.2 Å². The Balaban J connectivity index is 2.92. The largest absolute Gasteiger partial charge is 0.466 e. The Morgan fingerprint density at radius 3 is 2.56 bits per heavy atom. The Kier molecular flexibility index (Phi) is 5.62. The number of allylic oxidation sites excluding steroid dienone is 3. The molecule has 100 valence electrons. The van der Waals surface area contributed by atoms with Crippen LogP contribution >= 0.6 is 0 Å². The zero-order chi connectivity index (χ0) is 13.5. The summed E-state index contributed by atoms with van der Waals surface area (Å²) in [5.41, 5.74) is 0.385. The van der Waals surface area contributed by atoms with Crippen LogP contribution in [-0.2, 0) is 19.1 Å². The van der Waals surface area contributed by atoms with Crippen molar-refractivity contribution in [3.63, 3.8) is 0 Å². The smallest absolute Gasteiger partial charge is 0.334 e. The zero-order valence-corrected chi connectivity index (χ0v) is 11.1. The van der Waals surface area contributed by atoms with E-state index in [9.17, 15) is 9.59 Å². The van der Waals surface area contributed by atoms with Crippen molar-refractivity contribution in [1.29, 1.82) is 0 Å². The molecule has 0 fully saturated rings. The molecule has 2 unspecified atom stereocenters. The number of esters is 2. The predicted molar refractivity (Wildman–Crippen MR) is 67.8 cm³/mol. The van der Waals surface area contributed by atoms with Crippen LogP contribution in [0.25, 0.3) is 0 Å². The highest BCUT2D eigenvalue weighted by Gasteiger charge is 2.31. The van der Waals surface area contributed by atoms with Crippen LogP contribution in [0.2, 0.25) is 0 Å². The second-order valence-electron chi connectivity index (χ2n) is 4.24. The summed E-state index contributed by atoms with van der Waals surface area (Å²) in [6.07, 6.45) is 6.00. The Labute approximate surface area is 108 Å². The van der Waals surface area contributed by atoms with E-state index >= 15 is 0 Å². The van der Waals surface area contributed by atoms with Gasteiger partial charge in [0.2, 0.25) is 0 Å². The molecule has 18 heavy (non-hydrogen) atoms. The van der Waals surface area contributed by atoms with E-state index in [1.165, 1.54) is 0 Å². The Hall–Kier alpha value is -1.58. The molecular formula is C14H20O4. The van der Waals surface area contributed by atoms with E-state index in [4.69, 9.17) is 9.47 Å². The molecule has 0 N–H and O–H groups in total. The fourth-order valence-corrected chi connectivity index (χ4v) is 1.93. The van der Waals surface area contributed by atoms with Gasteiger partial charge in [0.1, 0.15) is 0 Å². The molecule has 2 atom stereocenters. The second kappa shape index (κ2) is 6.99. The molecule has 0 aliphatic heterocycles. The molecule has 4 heteroatoms. The third-order valence-corrected chi connectivity index (χ3v) is 2.78. The van der Waals surface area contributed by atoms with Gasteiger partial charge in [0.05, 0.1) is 24.7 Å². The maximum Gasteiger partial charge on any atom is 0.334 e. The quantitative estimate of drug-likeness (QED) is 0.720. The number of hydrogen-bond donors (Lipinski definition) is 0. The van der Waals surface area contributed by atoms with Crippen LogP contribution in [0.4, 0.5) is 0 Å². The molecule has 1 aliphatic rings. The van der Waals surface area contributed by atoms with E-state index < -0.39 is 11.9 Å². The van der Waals surface area contributed by atoms with Crippen molar-refractivity contribution < 1.29 is 19.1 Å². The first-order valence-electron chi connectivity index (χ1n) is 6.32. The molecule has 0 aromatic carbocycles. The third kappa shape index (κ3) is 3.72. The monoisotopic (exact) mass is 252 g/mol. The zero-order valence-electron chi connectivity index (χ0n) is 11.1. The van der Waals surface area contributed by atoms with E-state index in [1.807, 2.05) is 13.0 Å². The lowest BCUT2D eigenvalue weighted by molar-refractivity contribution is -0.150. The molecule has 0 amide bonds. The fourth-order valence-electron chi connectivity index (χ4n) is 1.93. The van der Waals surface area contributed by atoms with Gasteiger partial charge in [-0.05, 0) is 26.2 Å². The number of ether oxygens (including phenoxy) is 2. The summed E-state index contributed by atoms with van der Waals surface area (Å²) in [5, 5.41) is 0. The second-order valence-corrected chi connectivity index (χ2v) is 4.24. The lowest BCUT2D eigenvalue weighted by atomic mass is 9.91. The van der Waals surface area contributed by atoms with Crippen LogP contribution in [0.15, 0.2) is 23.8 Å². The lowest BCUT2D eigenvalue weighted by Gasteiger charge is -2.18. The highest BCUT2D eigenvalue weighted by Crippen LogP contribution is 2.26. The Morgan fingerprint density at radius 1 is 1.28 bits per heavy atom. The molecular weight excluding hydrogens is 232 g/mol. The van der Waals surface area contributed by atoms with Crippen LogP contribution in [-0.4, -0.2) is 25.2 Å². The van der Waals surface area contributed by atoms with Gasteiger partial charge in [-0.15, -0.1) is 0 Å². The minimum Gasteiger partial charge on any atom is -0.466 e. The highest BCUT2D eigenvalue weighted by molar-refractivity contribution is 5.96. The number of rotatable bonds is 4. The van der Waals surface area contributed by atoms with Crippen molar-refractivity contribution in [2.24, 2.45) is 11.8 Å². The number of carbonyl (C=O) groups is 2. The van der Waals surface area contributed by atoms with Gasteiger partial charge in [-0.2, -0.15) is 0 Å². The summed E-state index contributed by atoms with van der Waals surface area (Å²) in [5.74, 6) is -1.10. The molecule has 1 aliphatic carbocycles. The minimum absolute atomic E-state index is 0.225. The van der Waals surface area contributed by atoms with Crippen molar-refractivity contribution in [3.05, 3.63) is 23.8 Å². The summed E-state index contributed by atoms with van der Waals surface area (Å²) < 4.78 is 10.0. The predicted octanol–water partition coefficient (Wildman–Crippen LogP) is 2.25. The summed E-state index contributed by atoms with van der Waals surface area (Å²) in [7, 11) is 0. The Morgan fingerprint density at radius 2 is 1.94 bits per heavy atom. The topological polar surface area (TPSA) is 52.6 Å². The SMILES string of the molecule is CCOC(=O)C1=CC=CC(C)CC1C(=O)OCC. The van der Waals surface area contributed by atoms with E-state index in [0.717, 1.165) is 0 Å². The number of carbonyl (C=O) groups excluding carboxylic acids is 2. The van der Waals surface area contributed by atoms with Crippen LogP contribution in [0.5, 0.6) is 0 Å². The van der Waals surface area contributed by atoms with Gasteiger partial charge in [-0.1, -0.05) is 25.2 Å². The summed E-state index contributed by atoms with van der Waals surface area (Å²) in [4.78, 5) is 23.8. The van der Waals surface area contributed by atoms with Crippen molar-refractivity contribution in [3.8, 4) is 0 Å². The van der Waals surface area contributed by atoms with Gasteiger partial charge >= 0.3 is 11.9 Å². The van der Waals surface area contributed by atoms with E-state index in [2.05, 4.69) is 0 Å². The van der Waals surface area contributed by atoms with Crippen molar-refractivity contribution >= 4 is 11.9 Å². The fraction of sp³-hybridized carbons (Fsp3) is 0.571. The maximum atomic E-state index is 11.9. The molecule has 4 nitrogen and oxygen atoms in total. The highest BCUT2D eigenvalue weighted by atomic mass is 16.5. The Bertz CT molecular complexity index is 368. The first kappa shape index (κ1) is 14.5. The maximum absolute atomic E-state index is 11.9. The van der Waals surface area contributed by atoms with Gasteiger partial charge in [0.15, 0.2) is 0 Å². The molecule has 0 aromatic heterocycles. The van der Waals surface area contributed by atoms with Gasteiger partial charge in [-0.3, -0.25) is 4.79 Å². The summed E-state index contributed by atoms with van der Waals surface area (Å²) in [6, 6.07) is 0. The van der Waals surface area contributed by atoms with Crippen molar-refractivity contribution in [1.82, 2.24) is 0 Å². The van der Waals surface area contributed by atoms with Gasteiger partial charge in [-0.25, -0.2) is 4.79 Å². The molecule has 0 heterocycles. The minimum atomic E-state index is -0.533. The molecule has 0 bridgehead atoms. The van der Waals surface area contributed by atoms with Gasteiger partial charge in [0, 0.05) is 0 Å². The van der Waals surface area contributed by atoms with E-state index in [-0.39, 0.29) is 11.9 Å². The van der Waals surface area contributed by atoms with Crippen LogP contribution in [0.1, 0.15) is 27.2 Å². The van der Waals surface area contributed by atoms with E-state index in [0.29, 0.717) is 25.2 Å². The normalized spacial score (nSPS) is 22.9. The average molecular weight is 252 g/mol. The average Bonchev–Trinajstić information content (AvgIpc) is 2.51. The number of hydrogen-bond acceptors (Lipinski definition) is 4. The molecule has 0 saturated carbocycles. The van der Waals surface area contributed by atoms with Crippen LogP contribution in [0.3, 0.4) is 0 Å². The standard InChI is InChI=1S/C14H20O4/c1-4-17-13(15)11-8-6-7-10(3)9-12(11)14(16)18-5-2/h6-8,10,12H,4-5,9H2,1-3H3.